The van der Waals surface area contributed by atoms with E-state index in [1.807, 2.05) is 84.3 Å². The number of benzene rings is 7. The molecule has 0 saturated carbocycles. The molecule has 7 aromatic carbocycles. The van der Waals surface area contributed by atoms with Gasteiger partial charge in [-0.1, -0.05) is 133 Å². The molecule has 10 aromatic rings. The third-order valence-electron chi connectivity index (χ3n) is 9.55. The number of fused-ring (bicyclic) bond motifs is 5. The Hall–Kier alpha value is -6.56. The normalized spacial score (nSPS) is 11.5. The summed E-state index contributed by atoms with van der Waals surface area (Å²) < 4.78 is 2.53. The molecule has 0 aliphatic carbocycles. The largest absolute Gasteiger partial charge is 0.256 e. The fourth-order valence-electron chi connectivity index (χ4n) is 7.19. The molecule has 238 valence electrons. The zero-order chi connectivity index (χ0) is 33.7. The lowest BCUT2D eigenvalue weighted by molar-refractivity contribution is 1.07. The molecule has 0 N–H and O–H groups in total. The first-order chi connectivity index (χ1) is 25.3. The monoisotopic (exact) mass is 668 g/mol. The van der Waals surface area contributed by atoms with Gasteiger partial charge in [0.25, 0.3) is 0 Å². The molecule has 0 fully saturated rings. The van der Waals surface area contributed by atoms with E-state index >= 15 is 0 Å². The Morgan fingerprint density at radius 3 is 1.57 bits per heavy atom. The Morgan fingerprint density at radius 2 is 0.922 bits per heavy atom. The van der Waals surface area contributed by atoms with Crippen LogP contribution in [-0.2, 0) is 0 Å². The molecular formula is C46H28N4S. The highest BCUT2D eigenvalue weighted by Crippen LogP contribution is 2.49. The molecule has 0 bridgehead atoms. The maximum atomic E-state index is 4.97. The minimum atomic E-state index is 0.649. The quantitative estimate of drug-likeness (QED) is 0.183. The highest BCUT2D eigenvalue weighted by Gasteiger charge is 2.21. The van der Waals surface area contributed by atoms with Crippen LogP contribution in [0.25, 0.3) is 98.3 Å². The van der Waals surface area contributed by atoms with E-state index in [1.54, 1.807) is 0 Å². The molecule has 4 nitrogen and oxygen atoms in total. The standard InChI is InChI=1S/C46H28N4S/c1-3-13-29(14-4-1)44-48-45(30-15-5-2-6-16-30)50-46(49-44)34-25-23-31-27-33(24-22-32(31)28-34)40-35-17-7-8-18-36(35)41(38-20-11-12-26-47-38)43-42(40)37-19-9-10-21-39(37)51-43/h1-28H. The SMILES string of the molecule is c1ccc(-c2nc(-c3ccccc3)nc(-c3ccc4cc(-c5c6ccccc6c(-c6ccccn6)c6sc7ccccc7c56)ccc4c3)n2)cc1. The first kappa shape index (κ1) is 29.4. The average molecular weight is 669 g/mol. The van der Waals surface area contributed by atoms with E-state index < -0.39 is 0 Å². The summed E-state index contributed by atoms with van der Waals surface area (Å²) in [5.74, 6) is 1.96. The molecular weight excluding hydrogens is 641 g/mol. The summed E-state index contributed by atoms with van der Waals surface area (Å²) in [4.78, 5) is 19.6. The molecule has 0 unspecified atom stereocenters. The van der Waals surface area contributed by atoms with Crippen molar-refractivity contribution >= 4 is 53.1 Å². The van der Waals surface area contributed by atoms with Gasteiger partial charge in [-0.15, -0.1) is 11.3 Å². The van der Waals surface area contributed by atoms with Crippen LogP contribution in [0, 0.1) is 0 Å². The Kier molecular flexibility index (Phi) is 6.96. The van der Waals surface area contributed by atoms with Crippen molar-refractivity contribution in [3.63, 3.8) is 0 Å². The van der Waals surface area contributed by atoms with Crippen molar-refractivity contribution < 1.29 is 0 Å². The van der Waals surface area contributed by atoms with Gasteiger partial charge in [-0.05, 0) is 63.0 Å². The Bertz CT molecular complexity index is 2840. The Morgan fingerprint density at radius 1 is 0.392 bits per heavy atom. The summed E-state index contributed by atoms with van der Waals surface area (Å²) in [5.41, 5.74) is 7.48. The van der Waals surface area contributed by atoms with Crippen LogP contribution >= 0.6 is 11.3 Å². The van der Waals surface area contributed by atoms with E-state index in [0.717, 1.165) is 33.2 Å². The number of nitrogens with zero attached hydrogens (tertiary/aromatic N) is 4. The van der Waals surface area contributed by atoms with Gasteiger partial charge in [-0.2, -0.15) is 0 Å². The van der Waals surface area contributed by atoms with Crippen molar-refractivity contribution in [1.82, 2.24) is 19.9 Å². The molecule has 10 rings (SSSR count). The van der Waals surface area contributed by atoms with Gasteiger partial charge >= 0.3 is 0 Å². The van der Waals surface area contributed by atoms with E-state index in [0.29, 0.717) is 17.5 Å². The van der Waals surface area contributed by atoms with Gasteiger partial charge in [0, 0.05) is 48.6 Å². The van der Waals surface area contributed by atoms with Crippen molar-refractivity contribution in [2.75, 3.05) is 0 Å². The second-order valence-electron chi connectivity index (χ2n) is 12.6. The van der Waals surface area contributed by atoms with Crippen molar-refractivity contribution in [2.24, 2.45) is 0 Å². The average Bonchev–Trinajstić information content (AvgIpc) is 3.59. The van der Waals surface area contributed by atoms with E-state index in [1.165, 1.54) is 47.6 Å². The number of rotatable bonds is 5. The highest BCUT2D eigenvalue weighted by atomic mass is 32.1. The van der Waals surface area contributed by atoms with Crippen molar-refractivity contribution in [2.45, 2.75) is 0 Å². The highest BCUT2D eigenvalue weighted by molar-refractivity contribution is 7.26. The van der Waals surface area contributed by atoms with Gasteiger partial charge in [0.15, 0.2) is 17.5 Å². The number of hydrogen-bond donors (Lipinski definition) is 0. The lowest BCUT2D eigenvalue weighted by Gasteiger charge is -2.16. The van der Waals surface area contributed by atoms with E-state index in [2.05, 4.69) is 97.1 Å². The van der Waals surface area contributed by atoms with Gasteiger partial charge in [0.2, 0.25) is 0 Å². The van der Waals surface area contributed by atoms with E-state index in [-0.39, 0.29) is 0 Å². The minimum Gasteiger partial charge on any atom is -0.256 e. The summed E-state index contributed by atoms with van der Waals surface area (Å²) in [6, 6.07) is 57.2. The molecule has 0 atom stereocenters. The molecule has 0 saturated heterocycles. The lowest BCUT2D eigenvalue weighted by Crippen LogP contribution is -2.00. The third-order valence-corrected chi connectivity index (χ3v) is 10.7. The third kappa shape index (κ3) is 5.06. The smallest absolute Gasteiger partial charge is 0.164 e. The second kappa shape index (κ2) is 12.1. The van der Waals surface area contributed by atoms with Crippen LogP contribution in [-0.4, -0.2) is 19.9 Å². The fourth-order valence-corrected chi connectivity index (χ4v) is 8.47. The molecule has 0 aliphatic rings. The first-order valence-corrected chi connectivity index (χ1v) is 17.8. The summed E-state index contributed by atoms with van der Waals surface area (Å²) >= 11 is 1.85. The molecule has 0 spiro atoms. The van der Waals surface area contributed by atoms with Crippen LogP contribution < -0.4 is 0 Å². The molecule has 3 heterocycles. The van der Waals surface area contributed by atoms with Crippen molar-refractivity contribution in [3.8, 4) is 56.5 Å². The predicted molar refractivity (Wildman–Crippen MR) is 213 cm³/mol. The van der Waals surface area contributed by atoms with Gasteiger partial charge in [-0.3, -0.25) is 4.98 Å². The van der Waals surface area contributed by atoms with Crippen LogP contribution in [0.3, 0.4) is 0 Å². The van der Waals surface area contributed by atoms with Crippen LogP contribution in [0.2, 0.25) is 0 Å². The summed E-state index contributed by atoms with van der Waals surface area (Å²) in [7, 11) is 0. The van der Waals surface area contributed by atoms with Gasteiger partial charge < -0.3 is 0 Å². The van der Waals surface area contributed by atoms with Crippen LogP contribution in [0.5, 0.6) is 0 Å². The molecule has 0 radical (unpaired) electrons. The maximum Gasteiger partial charge on any atom is 0.164 e. The van der Waals surface area contributed by atoms with E-state index in [9.17, 15) is 0 Å². The van der Waals surface area contributed by atoms with Crippen LogP contribution in [0.15, 0.2) is 170 Å². The zero-order valence-electron chi connectivity index (χ0n) is 27.4. The van der Waals surface area contributed by atoms with Crippen LogP contribution in [0.1, 0.15) is 0 Å². The Balaban J connectivity index is 1.16. The molecule has 0 amide bonds. The number of aromatic nitrogens is 4. The molecule has 3 aromatic heterocycles. The van der Waals surface area contributed by atoms with Gasteiger partial charge in [0.1, 0.15) is 0 Å². The fraction of sp³-hybridized carbons (Fsp3) is 0. The first-order valence-electron chi connectivity index (χ1n) is 17.0. The van der Waals surface area contributed by atoms with Crippen molar-refractivity contribution in [1.29, 1.82) is 0 Å². The zero-order valence-corrected chi connectivity index (χ0v) is 28.2. The minimum absolute atomic E-state index is 0.649. The second-order valence-corrected chi connectivity index (χ2v) is 13.7. The predicted octanol–water partition coefficient (Wildman–Crippen LogP) is 12.3. The number of hydrogen-bond acceptors (Lipinski definition) is 5. The Labute approximate surface area is 298 Å². The van der Waals surface area contributed by atoms with Crippen LogP contribution in [0.4, 0.5) is 0 Å². The topological polar surface area (TPSA) is 51.6 Å². The summed E-state index contributed by atoms with van der Waals surface area (Å²) in [5, 5.41) is 7.25. The van der Waals surface area contributed by atoms with Gasteiger partial charge in [0.05, 0.1) is 5.69 Å². The number of thiophene rings is 1. The van der Waals surface area contributed by atoms with E-state index in [4.69, 9.17) is 19.9 Å². The molecule has 5 heteroatoms. The van der Waals surface area contributed by atoms with Crippen molar-refractivity contribution in [3.05, 3.63) is 170 Å². The molecule has 51 heavy (non-hydrogen) atoms. The summed E-state index contributed by atoms with van der Waals surface area (Å²) in [6.45, 7) is 0. The lowest BCUT2D eigenvalue weighted by atomic mass is 9.88. The summed E-state index contributed by atoms with van der Waals surface area (Å²) in [6.07, 6.45) is 1.89. The number of pyridine rings is 1. The van der Waals surface area contributed by atoms with Gasteiger partial charge in [-0.25, -0.2) is 15.0 Å². The molecule has 0 aliphatic heterocycles. The maximum absolute atomic E-state index is 4.97.